The normalized spacial score (nSPS) is 10.0. The molecule has 0 fully saturated rings. The molecule has 0 unspecified atom stereocenters. The molecular formula is C10H12O3. The summed E-state index contributed by atoms with van der Waals surface area (Å²) in [5, 5.41) is 18.2. The number of carbonyl (C=O) groups is 1. The van der Waals surface area contributed by atoms with Crippen molar-refractivity contribution in [2.75, 3.05) is 0 Å². The molecule has 3 heteroatoms. The molecule has 13 heavy (non-hydrogen) atoms. The number of phenolic OH excluding ortho intramolecular Hbond substituents is 1. The van der Waals surface area contributed by atoms with Crippen LogP contribution in [0, 0.1) is 6.92 Å². The van der Waals surface area contributed by atoms with Crippen LogP contribution < -0.4 is 0 Å². The second kappa shape index (κ2) is 3.47. The number of aromatic carboxylic acids is 1. The first-order valence-electron chi connectivity index (χ1n) is 4.12. The summed E-state index contributed by atoms with van der Waals surface area (Å²) in [6, 6.07) is 3.01. The quantitative estimate of drug-likeness (QED) is 0.731. The van der Waals surface area contributed by atoms with Gasteiger partial charge in [0.1, 0.15) is 5.75 Å². The van der Waals surface area contributed by atoms with Gasteiger partial charge in [0.25, 0.3) is 0 Å². The maximum absolute atomic E-state index is 10.7. The molecule has 0 atom stereocenters. The molecule has 3 nitrogen and oxygen atoms in total. The summed E-state index contributed by atoms with van der Waals surface area (Å²) < 4.78 is 0. The topological polar surface area (TPSA) is 57.5 Å². The van der Waals surface area contributed by atoms with Crippen LogP contribution in [0.3, 0.4) is 0 Å². The van der Waals surface area contributed by atoms with Gasteiger partial charge in [-0.2, -0.15) is 0 Å². The number of aryl methyl sites for hydroxylation is 2. The SMILES string of the molecule is CCc1cc(C(=O)O)c(C)cc1O. The summed E-state index contributed by atoms with van der Waals surface area (Å²) >= 11 is 0. The van der Waals surface area contributed by atoms with Crippen LogP contribution in [-0.4, -0.2) is 16.2 Å². The first-order chi connectivity index (χ1) is 6.06. The lowest BCUT2D eigenvalue weighted by atomic mass is 10.0. The summed E-state index contributed by atoms with van der Waals surface area (Å²) in [6.45, 7) is 3.54. The van der Waals surface area contributed by atoms with Gasteiger partial charge < -0.3 is 10.2 Å². The Kier molecular flexibility index (Phi) is 2.56. The molecule has 0 radical (unpaired) electrons. The second-order valence-electron chi connectivity index (χ2n) is 2.95. The molecule has 0 spiro atoms. The molecule has 2 N–H and O–H groups in total. The van der Waals surface area contributed by atoms with Crippen LogP contribution in [0.15, 0.2) is 12.1 Å². The Morgan fingerprint density at radius 2 is 2.08 bits per heavy atom. The van der Waals surface area contributed by atoms with Gasteiger partial charge in [-0.15, -0.1) is 0 Å². The van der Waals surface area contributed by atoms with E-state index in [1.807, 2.05) is 6.92 Å². The first kappa shape index (κ1) is 9.58. The van der Waals surface area contributed by atoms with E-state index in [-0.39, 0.29) is 11.3 Å². The van der Waals surface area contributed by atoms with Crippen molar-refractivity contribution in [2.24, 2.45) is 0 Å². The van der Waals surface area contributed by atoms with Crippen molar-refractivity contribution in [1.82, 2.24) is 0 Å². The Labute approximate surface area is 76.6 Å². The standard InChI is InChI=1S/C10H12O3/c1-3-7-5-8(10(12)13)6(2)4-9(7)11/h4-5,11H,3H2,1-2H3,(H,12,13). The van der Waals surface area contributed by atoms with E-state index >= 15 is 0 Å². The molecule has 0 aromatic heterocycles. The number of rotatable bonds is 2. The number of hydrogen-bond donors (Lipinski definition) is 2. The molecule has 0 aliphatic heterocycles. The predicted molar refractivity (Wildman–Crippen MR) is 49.2 cm³/mol. The van der Waals surface area contributed by atoms with Crippen LogP contribution in [0.25, 0.3) is 0 Å². The van der Waals surface area contributed by atoms with Crippen molar-refractivity contribution in [3.63, 3.8) is 0 Å². The van der Waals surface area contributed by atoms with Gasteiger partial charge in [0.05, 0.1) is 5.56 Å². The molecule has 1 rings (SSSR count). The van der Waals surface area contributed by atoms with Crippen LogP contribution in [0.2, 0.25) is 0 Å². The van der Waals surface area contributed by atoms with E-state index in [0.29, 0.717) is 17.5 Å². The van der Waals surface area contributed by atoms with E-state index in [4.69, 9.17) is 5.11 Å². The third-order valence-corrected chi connectivity index (χ3v) is 2.04. The molecular weight excluding hydrogens is 168 g/mol. The number of phenols is 1. The fourth-order valence-corrected chi connectivity index (χ4v) is 1.25. The summed E-state index contributed by atoms with van der Waals surface area (Å²) in [5.74, 6) is -0.780. The molecule has 0 aliphatic carbocycles. The van der Waals surface area contributed by atoms with Gasteiger partial charge >= 0.3 is 5.97 Å². The number of carboxylic acid groups (broad SMARTS) is 1. The highest BCUT2D eigenvalue weighted by molar-refractivity contribution is 5.89. The van der Waals surface area contributed by atoms with Crippen LogP contribution in [0.5, 0.6) is 5.75 Å². The monoisotopic (exact) mass is 180 g/mol. The van der Waals surface area contributed by atoms with Crippen LogP contribution in [0.1, 0.15) is 28.4 Å². The van der Waals surface area contributed by atoms with Gasteiger partial charge in [-0.3, -0.25) is 0 Å². The highest BCUT2D eigenvalue weighted by Crippen LogP contribution is 2.22. The fraction of sp³-hybridized carbons (Fsp3) is 0.300. The third-order valence-electron chi connectivity index (χ3n) is 2.04. The Balaban J connectivity index is 3.30. The molecule has 0 bridgehead atoms. The molecule has 70 valence electrons. The van der Waals surface area contributed by atoms with Crippen molar-refractivity contribution < 1.29 is 15.0 Å². The maximum atomic E-state index is 10.7. The molecule has 0 saturated heterocycles. The highest BCUT2D eigenvalue weighted by Gasteiger charge is 2.10. The van der Waals surface area contributed by atoms with Gasteiger partial charge in [0.15, 0.2) is 0 Å². The Morgan fingerprint density at radius 1 is 1.46 bits per heavy atom. The summed E-state index contributed by atoms with van der Waals surface area (Å²) in [5.41, 5.74) is 1.51. The maximum Gasteiger partial charge on any atom is 0.335 e. The highest BCUT2D eigenvalue weighted by atomic mass is 16.4. The lowest BCUT2D eigenvalue weighted by Gasteiger charge is -2.06. The van der Waals surface area contributed by atoms with Crippen molar-refractivity contribution in [2.45, 2.75) is 20.3 Å². The van der Waals surface area contributed by atoms with Crippen molar-refractivity contribution in [1.29, 1.82) is 0 Å². The second-order valence-corrected chi connectivity index (χ2v) is 2.95. The summed E-state index contributed by atoms with van der Waals surface area (Å²) in [6.07, 6.45) is 0.631. The minimum absolute atomic E-state index is 0.171. The average Bonchev–Trinajstić information content (AvgIpc) is 2.03. The van der Waals surface area contributed by atoms with E-state index < -0.39 is 5.97 Å². The Morgan fingerprint density at radius 3 is 2.54 bits per heavy atom. The van der Waals surface area contributed by atoms with Crippen LogP contribution in [-0.2, 0) is 6.42 Å². The minimum atomic E-state index is -0.952. The molecule has 1 aromatic rings. The zero-order valence-electron chi connectivity index (χ0n) is 7.66. The molecule has 0 saturated carbocycles. The molecule has 0 amide bonds. The molecule has 1 aromatic carbocycles. The van der Waals surface area contributed by atoms with E-state index in [0.717, 1.165) is 0 Å². The smallest absolute Gasteiger partial charge is 0.335 e. The minimum Gasteiger partial charge on any atom is -0.508 e. The molecule has 0 heterocycles. The zero-order valence-corrected chi connectivity index (χ0v) is 7.66. The zero-order chi connectivity index (χ0) is 10.0. The lowest BCUT2D eigenvalue weighted by Crippen LogP contribution is -2.00. The van der Waals surface area contributed by atoms with Crippen molar-refractivity contribution in [3.8, 4) is 5.75 Å². The summed E-state index contributed by atoms with van der Waals surface area (Å²) in [4.78, 5) is 10.7. The van der Waals surface area contributed by atoms with E-state index in [1.165, 1.54) is 12.1 Å². The van der Waals surface area contributed by atoms with E-state index in [1.54, 1.807) is 6.92 Å². The molecule has 0 aliphatic rings. The van der Waals surface area contributed by atoms with Crippen LogP contribution in [0.4, 0.5) is 0 Å². The lowest BCUT2D eigenvalue weighted by molar-refractivity contribution is 0.0696. The van der Waals surface area contributed by atoms with Gasteiger partial charge in [-0.05, 0) is 36.6 Å². The Hall–Kier alpha value is -1.51. The van der Waals surface area contributed by atoms with E-state index in [9.17, 15) is 9.90 Å². The number of carboxylic acids is 1. The average molecular weight is 180 g/mol. The van der Waals surface area contributed by atoms with Gasteiger partial charge in [0.2, 0.25) is 0 Å². The van der Waals surface area contributed by atoms with Gasteiger partial charge in [-0.1, -0.05) is 6.92 Å². The van der Waals surface area contributed by atoms with Crippen LogP contribution >= 0.6 is 0 Å². The largest absolute Gasteiger partial charge is 0.508 e. The van der Waals surface area contributed by atoms with Gasteiger partial charge in [0, 0.05) is 0 Å². The van der Waals surface area contributed by atoms with Crippen molar-refractivity contribution >= 4 is 5.97 Å². The number of hydrogen-bond acceptors (Lipinski definition) is 2. The summed E-state index contributed by atoms with van der Waals surface area (Å²) in [7, 11) is 0. The first-order valence-corrected chi connectivity index (χ1v) is 4.12. The number of benzene rings is 1. The van der Waals surface area contributed by atoms with Crippen molar-refractivity contribution in [3.05, 3.63) is 28.8 Å². The van der Waals surface area contributed by atoms with Gasteiger partial charge in [-0.25, -0.2) is 4.79 Å². The predicted octanol–water partition coefficient (Wildman–Crippen LogP) is 1.96. The Bertz CT molecular complexity index is 342. The van der Waals surface area contributed by atoms with E-state index in [2.05, 4.69) is 0 Å². The third kappa shape index (κ3) is 1.80. The fourth-order valence-electron chi connectivity index (χ4n) is 1.25. The number of aromatic hydroxyl groups is 1.